The molecule has 0 saturated heterocycles. The lowest BCUT2D eigenvalue weighted by molar-refractivity contribution is 0.102. The normalized spacial score (nSPS) is 11.3. The van der Waals surface area contributed by atoms with Crippen LogP contribution in [0, 0.1) is 0 Å². The highest BCUT2D eigenvalue weighted by Gasteiger charge is 2.18. The molecule has 0 aliphatic carbocycles. The van der Waals surface area contributed by atoms with Gasteiger partial charge in [-0.25, -0.2) is 13.1 Å². The number of furan rings is 1. The molecule has 32 heavy (non-hydrogen) atoms. The number of hydrogen-bond donors (Lipinski definition) is 2. The zero-order chi connectivity index (χ0) is 22.7. The van der Waals surface area contributed by atoms with Crippen molar-refractivity contribution in [3.05, 3.63) is 83.7 Å². The van der Waals surface area contributed by atoms with Crippen molar-refractivity contribution in [3.63, 3.8) is 0 Å². The molecule has 8 nitrogen and oxygen atoms in total. The second-order valence-electron chi connectivity index (χ2n) is 6.82. The molecule has 0 radical (unpaired) electrons. The topological polar surface area (TPSA) is 106 Å². The predicted molar refractivity (Wildman–Crippen MR) is 124 cm³/mol. The second-order valence-corrected chi connectivity index (χ2v) is 9.26. The lowest BCUT2D eigenvalue weighted by Crippen LogP contribution is -2.15. The van der Waals surface area contributed by atoms with Crippen LogP contribution in [0.4, 0.5) is 11.4 Å². The van der Waals surface area contributed by atoms with E-state index in [0.29, 0.717) is 33.5 Å². The van der Waals surface area contributed by atoms with E-state index in [4.69, 9.17) is 16.0 Å². The number of anilines is 2. The quantitative estimate of drug-likeness (QED) is 0.403. The van der Waals surface area contributed by atoms with E-state index in [9.17, 15) is 13.2 Å². The maximum atomic E-state index is 12.8. The maximum Gasteiger partial charge on any atom is 0.276 e. The van der Waals surface area contributed by atoms with Crippen LogP contribution in [0.2, 0.25) is 5.02 Å². The van der Waals surface area contributed by atoms with E-state index in [2.05, 4.69) is 15.1 Å². The van der Waals surface area contributed by atoms with Crippen LogP contribution in [0.1, 0.15) is 17.4 Å². The first-order chi connectivity index (χ1) is 15.3. The molecule has 1 amide bonds. The molecule has 2 N–H and O–H groups in total. The molecule has 0 spiro atoms. The minimum Gasteiger partial charge on any atom is -0.463 e. The Balaban J connectivity index is 1.59. The maximum absolute atomic E-state index is 12.8. The summed E-state index contributed by atoms with van der Waals surface area (Å²) >= 11 is 5.99. The van der Waals surface area contributed by atoms with Crippen LogP contribution in [0.3, 0.4) is 0 Å². The highest BCUT2D eigenvalue weighted by molar-refractivity contribution is 7.92. The Labute approximate surface area is 189 Å². The Bertz CT molecular complexity index is 1330. The molecule has 0 saturated carbocycles. The summed E-state index contributed by atoms with van der Waals surface area (Å²) in [5, 5.41) is 7.80. The van der Waals surface area contributed by atoms with Crippen molar-refractivity contribution in [2.24, 2.45) is 0 Å². The fraction of sp³-hybridized carbons (Fsp3) is 0.0909. The van der Waals surface area contributed by atoms with Crippen LogP contribution in [-0.2, 0) is 10.0 Å². The van der Waals surface area contributed by atoms with Gasteiger partial charge in [0.15, 0.2) is 11.5 Å². The minimum atomic E-state index is -3.37. The van der Waals surface area contributed by atoms with Crippen LogP contribution >= 0.6 is 11.6 Å². The number of nitrogens with zero attached hydrogens (tertiary/aromatic N) is 2. The molecule has 0 bridgehead atoms. The monoisotopic (exact) mass is 470 g/mol. The molecule has 0 fully saturated rings. The van der Waals surface area contributed by atoms with E-state index < -0.39 is 15.9 Å². The van der Waals surface area contributed by atoms with E-state index in [-0.39, 0.29) is 11.4 Å². The van der Waals surface area contributed by atoms with E-state index in [1.165, 1.54) is 0 Å². The number of carbonyl (C=O) groups is 1. The third-order valence-corrected chi connectivity index (χ3v) is 6.14. The Morgan fingerprint density at radius 1 is 1.06 bits per heavy atom. The van der Waals surface area contributed by atoms with Crippen LogP contribution < -0.4 is 10.0 Å². The van der Waals surface area contributed by atoms with Crippen molar-refractivity contribution in [2.75, 3.05) is 15.8 Å². The minimum absolute atomic E-state index is 0.0280. The number of benzene rings is 2. The van der Waals surface area contributed by atoms with Crippen LogP contribution in [-0.4, -0.2) is 29.9 Å². The van der Waals surface area contributed by atoms with Crippen LogP contribution in [0.5, 0.6) is 0 Å². The van der Waals surface area contributed by atoms with Gasteiger partial charge in [0, 0.05) is 22.5 Å². The molecule has 0 atom stereocenters. The van der Waals surface area contributed by atoms with Gasteiger partial charge >= 0.3 is 0 Å². The highest BCUT2D eigenvalue weighted by Crippen LogP contribution is 2.26. The third kappa shape index (κ3) is 4.84. The van der Waals surface area contributed by atoms with Crippen molar-refractivity contribution in [3.8, 4) is 17.1 Å². The second kappa shape index (κ2) is 8.89. The molecule has 4 aromatic rings. The molecule has 2 aromatic carbocycles. The van der Waals surface area contributed by atoms with Gasteiger partial charge in [0.05, 0.1) is 17.7 Å². The summed E-state index contributed by atoms with van der Waals surface area (Å²) in [4.78, 5) is 12.8. The van der Waals surface area contributed by atoms with E-state index in [1.54, 1.807) is 84.6 Å². The van der Waals surface area contributed by atoms with Crippen molar-refractivity contribution in [1.29, 1.82) is 0 Å². The highest BCUT2D eigenvalue weighted by atomic mass is 35.5. The molecule has 2 aromatic heterocycles. The van der Waals surface area contributed by atoms with Gasteiger partial charge < -0.3 is 9.73 Å². The Morgan fingerprint density at radius 3 is 2.38 bits per heavy atom. The lowest BCUT2D eigenvalue weighted by Gasteiger charge is -2.08. The van der Waals surface area contributed by atoms with Gasteiger partial charge in [-0.1, -0.05) is 11.6 Å². The Hall–Kier alpha value is -3.56. The first kappa shape index (κ1) is 21.7. The van der Waals surface area contributed by atoms with E-state index in [0.717, 1.165) is 0 Å². The molecular formula is C22H19ClN4O4S. The van der Waals surface area contributed by atoms with Gasteiger partial charge in [0.25, 0.3) is 5.91 Å². The van der Waals surface area contributed by atoms with Gasteiger partial charge in [-0.05, 0) is 67.6 Å². The largest absolute Gasteiger partial charge is 0.463 e. The summed E-state index contributed by atoms with van der Waals surface area (Å²) in [5.41, 5.74) is 2.41. The van der Waals surface area contributed by atoms with Crippen LogP contribution in [0.15, 0.2) is 77.4 Å². The summed E-state index contributed by atoms with van der Waals surface area (Å²) in [6, 6.07) is 18.6. The number of nitrogens with one attached hydrogen (secondary N) is 2. The van der Waals surface area contributed by atoms with Gasteiger partial charge in [-0.15, -0.1) is 0 Å². The third-order valence-electron chi connectivity index (χ3n) is 4.58. The number of halogens is 1. The number of hydrogen-bond acceptors (Lipinski definition) is 5. The van der Waals surface area contributed by atoms with Gasteiger partial charge in [0.1, 0.15) is 5.69 Å². The Morgan fingerprint density at radius 2 is 1.75 bits per heavy atom. The number of amides is 1. The molecule has 10 heteroatoms. The van der Waals surface area contributed by atoms with Crippen molar-refractivity contribution < 1.29 is 17.6 Å². The zero-order valence-corrected chi connectivity index (χ0v) is 18.5. The van der Waals surface area contributed by atoms with E-state index in [1.807, 2.05) is 0 Å². The summed E-state index contributed by atoms with van der Waals surface area (Å²) in [7, 11) is -3.37. The first-order valence-corrected chi connectivity index (χ1v) is 11.7. The Kier molecular flexibility index (Phi) is 6.02. The molecule has 2 heterocycles. The summed E-state index contributed by atoms with van der Waals surface area (Å²) in [5.74, 6) is 0.103. The number of aromatic nitrogens is 2. The number of rotatable bonds is 7. The number of carbonyl (C=O) groups excluding carboxylic acids is 1. The SMILES string of the molecule is CCS(=O)(=O)Nc1ccc(NC(=O)c2cc(-c3ccco3)n(-c3ccc(Cl)cc3)n2)cc1. The summed E-state index contributed by atoms with van der Waals surface area (Å²) in [6.45, 7) is 1.55. The van der Waals surface area contributed by atoms with Crippen molar-refractivity contribution >= 4 is 38.9 Å². The van der Waals surface area contributed by atoms with Gasteiger partial charge in [-0.2, -0.15) is 5.10 Å². The molecule has 0 unspecified atom stereocenters. The fourth-order valence-electron chi connectivity index (χ4n) is 2.94. The van der Waals surface area contributed by atoms with Crippen LogP contribution in [0.25, 0.3) is 17.1 Å². The van der Waals surface area contributed by atoms with Crippen molar-refractivity contribution in [2.45, 2.75) is 6.92 Å². The molecule has 164 valence electrons. The zero-order valence-electron chi connectivity index (χ0n) is 16.9. The molecule has 4 rings (SSSR count). The fourth-order valence-corrected chi connectivity index (χ4v) is 3.70. The predicted octanol–water partition coefficient (Wildman–Crippen LogP) is 4.80. The summed E-state index contributed by atoms with van der Waals surface area (Å²) in [6.07, 6.45) is 1.54. The average molecular weight is 471 g/mol. The van der Waals surface area contributed by atoms with Gasteiger partial charge in [0.2, 0.25) is 10.0 Å². The van der Waals surface area contributed by atoms with Gasteiger partial charge in [-0.3, -0.25) is 9.52 Å². The smallest absolute Gasteiger partial charge is 0.276 e. The molecule has 0 aliphatic heterocycles. The van der Waals surface area contributed by atoms with Crippen molar-refractivity contribution in [1.82, 2.24) is 9.78 Å². The lowest BCUT2D eigenvalue weighted by atomic mass is 10.2. The number of sulfonamides is 1. The summed E-state index contributed by atoms with van der Waals surface area (Å²) < 4.78 is 32.9. The molecule has 0 aliphatic rings. The van der Waals surface area contributed by atoms with E-state index >= 15 is 0 Å². The first-order valence-electron chi connectivity index (χ1n) is 9.66. The average Bonchev–Trinajstić information content (AvgIpc) is 3.45. The standard InChI is InChI=1S/C22H19ClN4O4S/c1-2-32(29,30)26-17-9-7-16(8-10-17)24-22(28)19-14-20(21-4-3-13-31-21)27(25-19)18-11-5-15(23)6-12-18/h3-14,26H,2H2,1H3,(H,24,28). The molecular weight excluding hydrogens is 452 g/mol.